The van der Waals surface area contributed by atoms with Gasteiger partial charge in [0.05, 0.1) is 0 Å². The van der Waals surface area contributed by atoms with E-state index in [-0.39, 0.29) is 0 Å². The Hall–Kier alpha value is -0.300. The first kappa shape index (κ1) is 13.7. The van der Waals surface area contributed by atoms with Crippen molar-refractivity contribution < 1.29 is 21.6 Å². The quantitative estimate of drug-likeness (QED) is 0.744. The van der Waals surface area contributed by atoms with E-state index in [0.717, 1.165) is 7.05 Å². The Morgan fingerprint density at radius 1 is 1.21 bits per heavy atom. The van der Waals surface area contributed by atoms with Crippen LogP contribution in [0.15, 0.2) is 0 Å². The maximum absolute atomic E-state index is 12.1. The molecule has 0 bridgehead atoms. The van der Waals surface area contributed by atoms with Crippen LogP contribution >= 0.6 is 0 Å². The molecule has 0 aromatic heterocycles. The molecule has 0 amide bonds. The van der Waals surface area contributed by atoms with E-state index in [2.05, 4.69) is 0 Å². The molecule has 0 unspecified atom stereocenters. The van der Waals surface area contributed by atoms with Crippen molar-refractivity contribution in [2.75, 3.05) is 7.05 Å². The van der Waals surface area contributed by atoms with Gasteiger partial charge in [-0.05, 0) is 12.8 Å². The van der Waals surface area contributed by atoms with Gasteiger partial charge in [0.1, 0.15) is 0 Å². The van der Waals surface area contributed by atoms with Crippen LogP contribution in [0.5, 0.6) is 0 Å². The SMILES string of the molecule is CCC(CC)N(C)S(=O)(=O)C(F)(F)F. The Morgan fingerprint density at radius 2 is 1.57 bits per heavy atom. The van der Waals surface area contributed by atoms with Gasteiger partial charge in [-0.25, -0.2) is 8.42 Å². The predicted octanol–water partition coefficient (Wildman–Crippen LogP) is 1.96. The van der Waals surface area contributed by atoms with Crippen LogP contribution in [0.25, 0.3) is 0 Å². The minimum atomic E-state index is -5.20. The van der Waals surface area contributed by atoms with Crippen molar-refractivity contribution in [1.82, 2.24) is 4.31 Å². The third-order valence-electron chi connectivity index (χ3n) is 2.13. The van der Waals surface area contributed by atoms with E-state index in [1.807, 2.05) is 0 Å². The van der Waals surface area contributed by atoms with E-state index in [0.29, 0.717) is 17.1 Å². The molecule has 14 heavy (non-hydrogen) atoms. The summed E-state index contributed by atoms with van der Waals surface area (Å²) >= 11 is 0. The van der Waals surface area contributed by atoms with Crippen molar-refractivity contribution >= 4 is 10.0 Å². The Labute approximate surface area is 81.9 Å². The molecule has 0 aliphatic rings. The lowest BCUT2D eigenvalue weighted by Crippen LogP contribution is -2.43. The molecule has 0 saturated heterocycles. The van der Waals surface area contributed by atoms with E-state index in [9.17, 15) is 21.6 Å². The van der Waals surface area contributed by atoms with Gasteiger partial charge >= 0.3 is 15.5 Å². The molecule has 0 fully saturated rings. The molecule has 0 aromatic carbocycles. The summed E-state index contributed by atoms with van der Waals surface area (Å²) in [5.74, 6) is 0. The van der Waals surface area contributed by atoms with Crippen LogP contribution in [0.1, 0.15) is 26.7 Å². The van der Waals surface area contributed by atoms with E-state index in [4.69, 9.17) is 0 Å². The highest BCUT2D eigenvalue weighted by atomic mass is 32.2. The van der Waals surface area contributed by atoms with Gasteiger partial charge in [-0.1, -0.05) is 13.8 Å². The molecule has 0 aliphatic heterocycles. The standard InChI is InChI=1S/C7H14F3NO2S/c1-4-6(5-2)11(3)14(12,13)7(8,9)10/h6H,4-5H2,1-3H3. The topological polar surface area (TPSA) is 37.4 Å². The Balaban J connectivity index is 4.94. The zero-order chi connectivity index (χ0) is 11.6. The van der Waals surface area contributed by atoms with Crippen molar-refractivity contribution in [1.29, 1.82) is 0 Å². The van der Waals surface area contributed by atoms with Crippen LogP contribution in [0.3, 0.4) is 0 Å². The second-order valence-corrected chi connectivity index (χ2v) is 4.93. The second kappa shape index (κ2) is 4.48. The van der Waals surface area contributed by atoms with Gasteiger partial charge in [0.2, 0.25) is 0 Å². The Bertz CT molecular complexity index is 269. The normalized spacial score (nSPS) is 14.0. The fraction of sp³-hybridized carbons (Fsp3) is 1.00. The molecule has 0 N–H and O–H groups in total. The van der Waals surface area contributed by atoms with E-state index in [1.165, 1.54) is 0 Å². The van der Waals surface area contributed by atoms with Crippen molar-refractivity contribution in [2.24, 2.45) is 0 Å². The van der Waals surface area contributed by atoms with Gasteiger partial charge in [-0.15, -0.1) is 0 Å². The van der Waals surface area contributed by atoms with Crippen LogP contribution < -0.4 is 0 Å². The molecule has 0 rings (SSSR count). The molecular formula is C7H14F3NO2S. The van der Waals surface area contributed by atoms with Gasteiger partial charge in [-0.3, -0.25) is 0 Å². The van der Waals surface area contributed by atoms with Crippen LogP contribution in [-0.4, -0.2) is 31.3 Å². The average Bonchev–Trinajstić information content (AvgIpc) is 2.04. The highest BCUT2D eigenvalue weighted by molar-refractivity contribution is 7.89. The number of hydrogen-bond donors (Lipinski definition) is 0. The van der Waals surface area contributed by atoms with Crippen molar-refractivity contribution in [3.63, 3.8) is 0 Å². The van der Waals surface area contributed by atoms with Gasteiger partial charge in [-0.2, -0.15) is 17.5 Å². The summed E-state index contributed by atoms with van der Waals surface area (Å²) in [4.78, 5) is 0. The lowest BCUT2D eigenvalue weighted by molar-refractivity contribution is -0.0493. The predicted molar refractivity (Wildman–Crippen MR) is 47.1 cm³/mol. The van der Waals surface area contributed by atoms with Crippen LogP contribution in [0.2, 0.25) is 0 Å². The van der Waals surface area contributed by atoms with Crippen molar-refractivity contribution in [3.8, 4) is 0 Å². The molecular weight excluding hydrogens is 219 g/mol. The van der Waals surface area contributed by atoms with Crippen LogP contribution in [0.4, 0.5) is 13.2 Å². The first-order chi connectivity index (χ1) is 6.18. The summed E-state index contributed by atoms with van der Waals surface area (Å²) < 4.78 is 58.5. The molecule has 0 atom stereocenters. The third-order valence-corrected chi connectivity index (χ3v) is 3.77. The second-order valence-electron chi connectivity index (χ2n) is 2.94. The zero-order valence-electron chi connectivity index (χ0n) is 8.30. The summed E-state index contributed by atoms with van der Waals surface area (Å²) in [6.45, 7) is 3.30. The lowest BCUT2D eigenvalue weighted by atomic mass is 10.2. The molecule has 0 spiro atoms. The maximum atomic E-state index is 12.1. The van der Waals surface area contributed by atoms with Gasteiger partial charge < -0.3 is 0 Å². The van der Waals surface area contributed by atoms with Crippen LogP contribution in [-0.2, 0) is 10.0 Å². The fourth-order valence-electron chi connectivity index (χ4n) is 1.16. The first-order valence-corrected chi connectivity index (χ1v) is 5.66. The molecule has 86 valence electrons. The number of nitrogens with zero attached hydrogens (tertiary/aromatic N) is 1. The highest BCUT2D eigenvalue weighted by Gasteiger charge is 2.49. The highest BCUT2D eigenvalue weighted by Crippen LogP contribution is 2.28. The third kappa shape index (κ3) is 2.60. The van der Waals surface area contributed by atoms with E-state index >= 15 is 0 Å². The van der Waals surface area contributed by atoms with Gasteiger partial charge in [0.15, 0.2) is 0 Å². The smallest absolute Gasteiger partial charge is 0.203 e. The monoisotopic (exact) mass is 233 g/mol. The Morgan fingerprint density at radius 3 is 1.79 bits per heavy atom. The molecule has 7 heteroatoms. The number of rotatable bonds is 4. The van der Waals surface area contributed by atoms with E-state index < -0.39 is 21.6 Å². The summed E-state index contributed by atoms with van der Waals surface area (Å²) in [6, 6.07) is -0.596. The summed E-state index contributed by atoms with van der Waals surface area (Å²) in [5.41, 5.74) is -5.20. The molecule has 0 saturated carbocycles. The largest absolute Gasteiger partial charge is 0.511 e. The molecule has 0 aliphatic carbocycles. The summed E-state index contributed by atoms with van der Waals surface area (Å²) in [6.07, 6.45) is 0.727. The molecule has 0 aromatic rings. The molecule has 3 nitrogen and oxygen atoms in total. The fourth-order valence-corrected chi connectivity index (χ4v) is 2.18. The van der Waals surface area contributed by atoms with Crippen molar-refractivity contribution in [2.45, 2.75) is 38.2 Å². The molecule has 0 heterocycles. The number of alkyl halides is 3. The number of sulfonamides is 1. The summed E-state index contributed by atoms with van der Waals surface area (Å²) in [7, 11) is -4.21. The first-order valence-electron chi connectivity index (χ1n) is 4.22. The van der Waals surface area contributed by atoms with Crippen molar-refractivity contribution in [3.05, 3.63) is 0 Å². The lowest BCUT2D eigenvalue weighted by Gasteiger charge is -2.26. The average molecular weight is 233 g/mol. The number of hydrogen-bond acceptors (Lipinski definition) is 2. The minimum absolute atomic E-state index is 0.363. The number of halogens is 3. The summed E-state index contributed by atoms with van der Waals surface area (Å²) in [5, 5.41) is 0. The Kier molecular flexibility index (Phi) is 4.38. The minimum Gasteiger partial charge on any atom is -0.203 e. The zero-order valence-corrected chi connectivity index (χ0v) is 9.11. The maximum Gasteiger partial charge on any atom is 0.511 e. The van der Waals surface area contributed by atoms with Crippen LogP contribution in [0, 0.1) is 0 Å². The van der Waals surface area contributed by atoms with E-state index in [1.54, 1.807) is 13.8 Å². The van der Waals surface area contributed by atoms with Gasteiger partial charge in [0.25, 0.3) is 0 Å². The van der Waals surface area contributed by atoms with Gasteiger partial charge in [0, 0.05) is 13.1 Å². The molecule has 0 radical (unpaired) electrons.